The Labute approximate surface area is 146 Å². The molecule has 0 radical (unpaired) electrons. The van der Waals surface area contributed by atoms with Gasteiger partial charge in [-0.05, 0) is 30.7 Å². The maximum absolute atomic E-state index is 12.5. The van der Waals surface area contributed by atoms with E-state index in [9.17, 15) is 4.79 Å². The number of carbonyl (C=O) groups excluding carboxylic acids is 1. The number of ether oxygens (including phenoxy) is 2. The monoisotopic (exact) mass is 345 g/mol. The number of benzene rings is 1. The molecule has 7 heteroatoms. The normalized spacial score (nSPS) is 15.7. The summed E-state index contributed by atoms with van der Waals surface area (Å²) >= 11 is 0. The van der Waals surface area contributed by atoms with E-state index in [-0.39, 0.29) is 17.9 Å². The Hall–Kier alpha value is -2.41. The largest absolute Gasteiger partial charge is 0.485 e. The Morgan fingerprint density at radius 3 is 2.64 bits per heavy atom. The van der Waals surface area contributed by atoms with E-state index in [4.69, 9.17) is 14.0 Å². The zero-order chi connectivity index (χ0) is 17.9. The molecule has 1 amide bonds. The van der Waals surface area contributed by atoms with Crippen LogP contribution in [0.5, 0.6) is 5.75 Å². The van der Waals surface area contributed by atoms with Crippen LogP contribution < -0.4 is 4.74 Å². The lowest BCUT2D eigenvalue weighted by Gasteiger charge is -2.48. The van der Waals surface area contributed by atoms with Gasteiger partial charge in [0, 0.05) is 44.7 Å². The van der Waals surface area contributed by atoms with Crippen LogP contribution >= 0.6 is 0 Å². The first kappa shape index (κ1) is 17.4. The first-order valence-electron chi connectivity index (χ1n) is 8.29. The van der Waals surface area contributed by atoms with Crippen molar-refractivity contribution in [3.63, 3.8) is 0 Å². The van der Waals surface area contributed by atoms with Crippen LogP contribution in [0.3, 0.4) is 0 Å². The van der Waals surface area contributed by atoms with Gasteiger partial charge in [0.25, 0.3) is 5.91 Å². The molecule has 1 aliphatic rings. The second kappa shape index (κ2) is 7.23. The third-order valence-corrected chi connectivity index (χ3v) is 4.38. The van der Waals surface area contributed by atoms with Gasteiger partial charge in [0.2, 0.25) is 11.7 Å². The molecule has 2 heterocycles. The Balaban J connectivity index is 1.51. The molecule has 1 aromatic heterocycles. The fourth-order valence-electron chi connectivity index (χ4n) is 2.95. The van der Waals surface area contributed by atoms with Gasteiger partial charge < -0.3 is 18.9 Å². The van der Waals surface area contributed by atoms with Crippen LogP contribution in [0.25, 0.3) is 0 Å². The van der Waals surface area contributed by atoms with Crippen molar-refractivity contribution >= 4 is 5.91 Å². The number of methoxy groups -OCH3 is 1. The smallest absolute Gasteiger partial charge is 0.253 e. The zero-order valence-electron chi connectivity index (χ0n) is 14.8. The van der Waals surface area contributed by atoms with Gasteiger partial charge in [-0.3, -0.25) is 4.79 Å². The summed E-state index contributed by atoms with van der Waals surface area (Å²) in [6.45, 7) is 6.41. The second-order valence-electron chi connectivity index (χ2n) is 6.76. The number of carbonyl (C=O) groups is 1. The quantitative estimate of drug-likeness (QED) is 0.767. The predicted molar refractivity (Wildman–Crippen MR) is 90.3 cm³/mol. The van der Waals surface area contributed by atoms with Gasteiger partial charge in [0.15, 0.2) is 6.61 Å². The third-order valence-electron chi connectivity index (χ3n) is 4.38. The van der Waals surface area contributed by atoms with Crippen LogP contribution in [0.1, 0.15) is 35.4 Å². The van der Waals surface area contributed by atoms with E-state index in [0.29, 0.717) is 23.0 Å². The molecule has 1 aliphatic heterocycles. The van der Waals surface area contributed by atoms with Gasteiger partial charge in [-0.1, -0.05) is 12.1 Å². The van der Waals surface area contributed by atoms with Gasteiger partial charge in [0.05, 0.1) is 0 Å². The topological polar surface area (TPSA) is 77.7 Å². The highest BCUT2D eigenvalue weighted by Gasteiger charge is 2.40. The summed E-state index contributed by atoms with van der Waals surface area (Å²) in [6.07, 6.45) is 0.968. The molecule has 0 spiro atoms. The number of nitrogens with zero attached hydrogens (tertiary/aromatic N) is 3. The Morgan fingerprint density at radius 1 is 1.32 bits per heavy atom. The maximum Gasteiger partial charge on any atom is 0.253 e. The van der Waals surface area contributed by atoms with Gasteiger partial charge in [-0.15, -0.1) is 0 Å². The highest BCUT2D eigenvalue weighted by atomic mass is 16.5. The number of hydrogen-bond donors (Lipinski definition) is 0. The van der Waals surface area contributed by atoms with Crippen LogP contribution in [-0.2, 0) is 11.3 Å². The van der Waals surface area contributed by atoms with E-state index < -0.39 is 0 Å². The molecule has 1 fully saturated rings. The summed E-state index contributed by atoms with van der Waals surface area (Å²) in [5, 5.41) is 3.77. The molecule has 1 aromatic carbocycles. The Morgan fingerprint density at radius 2 is 2.04 bits per heavy atom. The van der Waals surface area contributed by atoms with Crippen molar-refractivity contribution in [3.05, 3.63) is 41.5 Å². The fourth-order valence-corrected chi connectivity index (χ4v) is 2.95. The molecule has 0 atom stereocenters. The molecule has 0 aliphatic carbocycles. The van der Waals surface area contributed by atoms with E-state index >= 15 is 0 Å². The Bertz CT molecular complexity index is 720. The molecular weight excluding hydrogens is 322 g/mol. The highest BCUT2D eigenvalue weighted by molar-refractivity contribution is 5.95. The summed E-state index contributed by atoms with van der Waals surface area (Å²) in [6, 6.07) is 7.13. The van der Waals surface area contributed by atoms with E-state index in [1.54, 1.807) is 38.3 Å². The first-order valence-corrected chi connectivity index (χ1v) is 8.29. The minimum absolute atomic E-state index is 0.0511. The molecule has 0 bridgehead atoms. The average Bonchev–Trinajstić information content (AvgIpc) is 3.01. The van der Waals surface area contributed by atoms with Crippen molar-refractivity contribution < 1.29 is 18.8 Å². The number of likely N-dealkylation sites (tertiary alicyclic amines) is 1. The van der Waals surface area contributed by atoms with Crippen molar-refractivity contribution in [2.75, 3.05) is 26.8 Å². The summed E-state index contributed by atoms with van der Waals surface area (Å²) in [4.78, 5) is 18.4. The average molecular weight is 345 g/mol. The molecule has 0 saturated carbocycles. The number of aromatic nitrogens is 2. The molecule has 25 heavy (non-hydrogen) atoms. The molecule has 0 N–H and O–H groups in total. The third kappa shape index (κ3) is 4.17. The molecule has 0 unspecified atom stereocenters. The van der Waals surface area contributed by atoms with Crippen LogP contribution in [-0.4, -0.2) is 47.8 Å². The lowest BCUT2D eigenvalue weighted by atomic mass is 9.79. The molecule has 1 saturated heterocycles. The standard InChI is InChI=1S/C18H23N3O4/c1-13-19-16(20-25-13)10-24-15-6-4-14(5-7-15)17(22)21-11-18(2,12-21)8-9-23-3/h4-7H,8-12H2,1-3H3. The van der Waals surface area contributed by atoms with Gasteiger partial charge in [-0.25, -0.2) is 0 Å². The van der Waals surface area contributed by atoms with E-state index in [2.05, 4.69) is 17.1 Å². The maximum atomic E-state index is 12.5. The van der Waals surface area contributed by atoms with Crippen LogP contribution in [0.2, 0.25) is 0 Å². The molecular formula is C18H23N3O4. The van der Waals surface area contributed by atoms with Crippen molar-refractivity contribution in [1.82, 2.24) is 15.0 Å². The predicted octanol–water partition coefficient (Wildman–Crippen LogP) is 2.46. The van der Waals surface area contributed by atoms with E-state index in [1.807, 2.05) is 4.90 Å². The van der Waals surface area contributed by atoms with Gasteiger partial charge in [-0.2, -0.15) is 4.98 Å². The van der Waals surface area contributed by atoms with Crippen LogP contribution in [0.15, 0.2) is 28.8 Å². The van der Waals surface area contributed by atoms with Crippen molar-refractivity contribution in [1.29, 1.82) is 0 Å². The lowest BCUT2D eigenvalue weighted by Crippen LogP contribution is -2.57. The van der Waals surface area contributed by atoms with Crippen LogP contribution in [0, 0.1) is 12.3 Å². The number of hydrogen-bond acceptors (Lipinski definition) is 6. The van der Waals surface area contributed by atoms with Gasteiger partial charge in [0.1, 0.15) is 5.75 Å². The number of rotatable bonds is 7. The van der Waals surface area contributed by atoms with E-state index in [1.165, 1.54) is 0 Å². The zero-order valence-corrected chi connectivity index (χ0v) is 14.8. The van der Waals surface area contributed by atoms with Crippen molar-refractivity contribution in [2.45, 2.75) is 26.9 Å². The molecule has 134 valence electrons. The second-order valence-corrected chi connectivity index (χ2v) is 6.76. The molecule has 7 nitrogen and oxygen atoms in total. The number of amides is 1. The molecule has 2 aromatic rings. The summed E-state index contributed by atoms with van der Waals surface area (Å²) < 4.78 is 15.6. The Kier molecular flexibility index (Phi) is 5.03. The lowest BCUT2D eigenvalue weighted by molar-refractivity contribution is -0.000921. The minimum atomic E-state index is 0.0511. The highest BCUT2D eigenvalue weighted by Crippen LogP contribution is 2.34. The fraction of sp³-hybridized carbons (Fsp3) is 0.500. The SMILES string of the molecule is COCCC1(C)CN(C(=O)c2ccc(OCc3noc(C)n3)cc2)C1. The first-order chi connectivity index (χ1) is 12.0. The van der Waals surface area contributed by atoms with Crippen molar-refractivity contribution in [2.24, 2.45) is 5.41 Å². The molecule has 3 rings (SSSR count). The summed E-state index contributed by atoms with van der Waals surface area (Å²) in [5.74, 6) is 1.71. The summed E-state index contributed by atoms with van der Waals surface area (Å²) in [5.41, 5.74) is 0.828. The van der Waals surface area contributed by atoms with Gasteiger partial charge >= 0.3 is 0 Å². The number of aryl methyl sites for hydroxylation is 1. The van der Waals surface area contributed by atoms with E-state index in [0.717, 1.165) is 26.1 Å². The van der Waals surface area contributed by atoms with Crippen molar-refractivity contribution in [3.8, 4) is 5.75 Å². The minimum Gasteiger partial charge on any atom is -0.485 e. The summed E-state index contributed by atoms with van der Waals surface area (Å²) in [7, 11) is 1.70. The van der Waals surface area contributed by atoms with Crippen LogP contribution in [0.4, 0.5) is 0 Å².